The van der Waals surface area contributed by atoms with Gasteiger partial charge in [-0.3, -0.25) is 4.79 Å². The van der Waals surface area contributed by atoms with Gasteiger partial charge in [0.05, 0.1) is 5.69 Å². The van der Waals surface area contributed by atoms with Gasteiger partial charge in [0.25, 0.3) is 0 Å². The normalized spacial score (nSPS) is 14.6. The zero-order valence-corrected chi connectivity index (χ0v) is 13.3. The minimum Gasteiger partial charge on any atom is -0.427 e. The van der Waals surface area contributed by atoms with E-state index in [1.165, 1.54) is 6.33 Å². The van der Waals surface area contributed by atoms with Crippen molar-refractivity contribution in [1.29, 1.82) is 0 Å². The first kappa shape index (κ1) is 17.2. The van der Waals surface area contributed by atoms with Gasteiger partial charge in [-0.25, -0.2) is 0 Å². The summed E-state index contributed by atoms with van der Waals surface area (Å²) in [6, 6.07) is 0. The summed E-state index contributed by atoms with van der Waals surface area (Å²) < 4.78 is 6.90. The zero-order valence-electron chi connectivity index (χ0n) is 13.3. The number of carbonyl (C=O) groups excluding carboxylic acids is 1. The molecule has 3 heterocycles. The van der Waals surface area contributed by atoms with Gasteiger partial charge in [-0.1, -0.05) is 13.8 Å². The number of fused-ring (bicyclic) bond motifs is 1. The molecule has 0 saturated carbocycles. The van der Waals surface area contributed by atoms with Crippen molar-refractivity contribution >= 4 is 12.3 Å². The number of rotatable bonds is 1. The largest absolute Gasteiger partial charge is 0.427 e. The minimum atomic E-state index is 0.565. The first-order valence-electron chi connectivity index (χ1n) is 7.38. The molecule has 0 unspecified atom stereocenters. The summed E-state index contributed by atoms with van der Waals surface area (Å²) >= 11 is 0. The van der Waals surface area contributed by atoms with Crippen LogP contribution in [0.1, 0.15) is 31.7 Å². The fraction of sp³-hybridized carbons (Fsp3) is 0.643. The molecule has 0 aromatic carbocycles. The van der Waals surface area contributed by atoms with Crippen LogP contribution in [0.15, 0.2) is 10.7 Å². The molecule has 1 fully saturated rings. The van der Waals surface area contributed by atoms with E-state index in [0.29, 0.717) is 5.84 Å². The van der Waals surface area contributed by atoms with Crippen LogP contribution in [-0.2, 0) is 4.79 Å². The zero-order chi connectivity index (χ0) is 15.7. The average molecular weight is 295 g/mol. The Morgan fingerprint density at radius 3 is 2.71 bits per heavy atom. The van der Waals surface area contributed by atoms with Gasteiger partial charge in [0.2, 0.25) is 6.41 Å². The number of hydrogen-bond donors (Lipinski definition) is 1. The second-order valence-electron chi connectivity index (χ2n) is 4.44. The highest BCUT2D eigenvalue weighted by Crippen LogP contribution is 2.10. The van der Waals surface area contributed by atoms with Crippen LogP contribution in [-0.4, -0.2) is 52.1 Å². The maximum Gasteiger partial charge on any atom is 0.324 e. The van der Waals surface area contributed by atoms with Crippen molar-refractivity contribution in [3.05, 3.63) is 17.8 Å². The fourth-order valence-electron chi connectivity index (χ4n) is 1.86. The molecule has 1 amide bonds. The van der Waals surface area contributed by atoms with Crippen LogP contribution >= 0.6 is 0 Å². The Kier molecular flexibility index (Phi) is 7.45. The van der Waals surface area contributed by atoms with Crippen LogP contribution in [0.2, 0.25) is 0 Å². The van der Waals surface area contributed by atoms with E-state index in [4.69, 9.17) is 4.42 Å². The van der Waals surface area contributed by atoms with Gasteiger partial charge in [0.1, 0.15) is 12.1 Å². The molecule has 1 aliphatic rings. The molecular weight excluding hydrogens is 270 g/mol. The van der Waals surface area contributed by atoms with Crippen molar-refractivity contribution in [3.8, 4) is 0 Å². The highest BCUT2D eigenvalue weighted by molar-refractivity contribution is 5.46. The number of amides is 1. The summed E-state index contributed by atoms with van der Waals surface area (Å²) in [7, 11) is 0. The summed E-state index contributed by atoms with van der Waals surface area (Å²) in [6.07, 6.45) is 3.48. The molecule has 0 aliphatic carbocycles. The number of carbonyl (C=O) groups is 1. The number of oxazole rings is 1. The second-order valence-corrected chi connectivity index (χ2v) is 4.44. The summed E-state index contributed by atoms with van der Waals surface area (Å²) in [5.41, 5.74) is 1.01. The number of aryl methyl sites for hydroxylation is 2. The van der Waals surface area contributed by atoms with Crippen molar-refractivity contribution in [2.45, 2.75) is 34.1 Å². The molecule has 1 N–H and O–H groups in total. The maximum absolute atomic E-state index is 10.2. The third kappa shape index (κ3) is 4.86. The predicted molar refractivity (Wildman–Crippen MR) is 81.2 cm³/mol. The van der Waals surface area contributed by atoms with Crippen molar-refractivity contribution < 1.29 is 9.21 Å². The van der Waals surface area contributed by atoms with Gasteiger partial charge >= 0.3 is 5.84 Å². The lowest BCUT2D eigenvalue weighted by Gasteiger charge is -2.11. The molecule has 7 heteroatoms. The molecule has 0 bridgehead atoms. The summed E-state index contributed by atoms with van der Waals surface area (Å²) in [6.45, 7) is 11.6. The first-order chi connectivity index (χ1) is 10.2. The van der Waals surface area contributed by atoms with Gasteiger partial charge in [-0.05, 0) is 26.8 Å². The van der Waals surface area contributed by atoms with Gasteiger partial charge in [0.15, 0.2) is 0 Å². The monoisotopic (exact) mass is 295 g/mol. The lowest BCUT2D eigenvalue weighted by Crippen LogP contribution is -2.26. The fourth-order valence-corrected chi connectivity index (χ4v) is 1.86. The molecule has 1 saturated heterocycles. The SMILES string of the molecule is CC.Cc1oc2ncnn2c1C.O=CN1CCCNCC1. The molecule has 0 atom stereocenters. The van der Waals surface area contributed by atoms with Crippen LogP contribution in [0.3, 0.4) is 0 Å². The highest BCUT2D eigenvalue weighted by Gasteiger charge is 2.06. The number of hydrogen-bond acceptors (Lipinski definition) is 5. The van der Waals surface area contributed by atoms with E-state index in [-0.39, 0.29) is 0 Å². The Bertz CT molecular complexity index is 526. The number of nitrogens with zero attached hydrogens (tertiary/aromatic N) is 4. The summed E-state index contributed by atoms with van der Waals surface area (Å²) in [5, 5.41) is 7.16. The van der Waals surface area contributed by atoms with E-state index in [1.807, 2.05) is 27.7 Å². The first-order valence-corrected chi connectivity index (χ1v) is 7.38. The Morgan fingerprint density at radius 1 is 1.29 bits per heavy atom. The molecule has 1 aliphatic heterocycles. The van der Waals surface area contributed by atoms with E-state index in [0.717, 1.165) is 50.5 Å². The standard InChI is InChI=1S/C6H7N3O.C6H12N2O.C2H6/c1-4-5(2)10-6-7-3-8-9(4)6;9-6-8-4-1-2-7-3-5-8;1-2/h3H,1-2H3;6-7H,1-5H2;1-2H3. The van der Waals surface area contributed by atoms with Gasteiger partial charge in [0, 0.05) is 19.6 Å². The van der Waals surface area contributed by atoms with Crippen LogP contribution < -0.4 is 5.32 Å². The smallest absolute Gasteiger partial charge is 0.324 e. The van der Waals surface area contributed by atoms with E-state index in [1.54, 1.807) is 9.42 Å². The van der Waals surface area contributed by atoms with E-state index < -0.39 is 0 Å². The van der Waals surface area contributed by atoms with Crippen LogP contribution in [0.5, 0.6) is 0 Å². The topological polar surface area (TPSA) is 75.7 Å². The minimum absolute atomic E-state index is 0.565. The molecule has 21 heavy (non-hydrogen) atoms. The Labute approximate surface area is 125 Å². The van der Waals surface area contributed by atoms with Crippen molar-refractivity contribution in [2.24, 2.45) is 0 Å². The molecule has 0 spiro atoms. The molecule has 118 valence electrons. The summed E-state index contributed by atoms with van der Waals surface area (Å²) in [5.74, 6) is 1.44. The third-order valence-corrected chi connectivity index (χ3v) is 3.11. The highest BCUT2D eigenvalue weighted by atomic mass is 16.4. The van der Waals surface area contributed by atoms with E-state index in [9.17, 15) is 4.79 Å². The average Bonchev–Trinajstić information content (AvgIpc) is 2.95. The number of nitrogens with one attached hydrogen (secondary N) is 1. The van der Waals surface area contributed by atoms with Gasteiger partial charge in [-0.15, -0.1) is 0 Å². The van der Waals surface area contributed by atoms with Gasteiger partial charge in [-0.2, -0.15) is 14.6 Å². The van der Waals surface area contributed by atoms with E-state index >= 15 is 0 Å². The lowest BCUT2D eigenvalue weighted by atomic mass is 10.4. The molecule has 0 radical (unpaired) electrons. The van der Waals surface area contributed by atoms with Crippen LogP contribution in [0, 0.1) is 13.8 Å². The quantitative estimate of drug-likeness (QED) is 0.805. The van der Waals surface area contributed by atoms with Crippen LogP contribution in [0.4, 0.5) is 0 Å². The Hall–Kier alpha value is -1.89. The number of aromatic nitrogens is 3. The predicted octanol–water partition coefficient (Wildman–Crippen LogP) is 1.40. The molecule has 3 rings (SSSR count). The summed E-state index contributed by atoms with van der Waals surface area (Å²) in [4.78, 5) is 15.9. The van der Waals surface area contributed by atoms with Crippen LogP contribution in [0.25, 0.3) is 5.84 Å². The van der Waals surface area contributed by atoms with E-state index in [2.05, 4.69) is 15.4 Å². The lowest BCUT2D eigenvalue weighted by molar-refractivity contribution is -0.117. The maximum atomic E-state index is 10.2. The Balaban J connectivity index is 0.000000189. The second kappa shape index (κ2) is 9.12. The molecule has 2 aromatic rings. The Morgan fingerprint density at radius 2 is 2.05 bits per heavy atom. The van der Waals surface area contributed by atoms with Gasteiger partial charge < -0.3 is 14.6 Å². The molecule has 2 aromatic heterocycles. The molecule has 7 nitrogen and oxygen atoms in total. The molecular formula is C14H25N5O2. The van der Waals surface area contributed by atoms with Crippen molar-refractivity contribution in [2.75, 3.05) is 26.2 Å². The third-order valence-electron chi connectivity index (χ3n) is 3.11. The van der Waals surface area contributed by atoms with Crippen molar-refractivity contribution in [3.63, 3.8) is 0 Å². The van der Waals surface area contributed by atoms with Crippen molar-refractivity contribution in [1.82, 2.24) is 24.8 Å².